The molecule has 2 aromatic carbocycles. The molecule has 0 bridgehead atoms. The van der Waals surface area contributed by atoms with Crippen molar-refractivity contribution in [3.63, 3.8) is 0 Å². The molecule has 0 aliphatic carbocycles. The maximum absolute atomic E-state index is 5.28. The van der Waals surface area contributed by atoms with Gasteiger partial charge in [-0.15, -0.1) is 0 Å². The second-order valence-corrected chi connectivity index (χ2v) is 5.40. The first-order valence-electron chi connectivity index (χ1n) is 7.14. The summed E-state index contributed by atoms with van der Waals surface area (Å²) in [6.07, 6.45) is 1.08. The number of methoxy groups -OCH3 is 1. The number of fused-ring (bicyclic) bond motifs is 2. The summed E-state index contributed by atoms with van der Waals surface area (Å²) in [5, 5.41) is 3.39. The van der Waals surface area contributed by atoms with E-state index in [1.165, 1.54) is 11.3 Å². The third-order valence-corrected chi connectivity index (χ3v) is 4.16. The zero-order valence-corrected chi connectivity index (χ0v) is 12.2. The summed E-state index contributed by atoms with van der Waals surface area (Å²) in [7, 11) is 3.74. The van der Waals surface area contributed by atoms with Crippen molar-refractivity contribution < 1.29 is 4.74 Å². The van der Waals surface area contributed by atoms with Gasteiger partial charge in [0, 0.05) is 30.9 Å². The van der Waals surface area contributed by atoms with E-state index in [0.717, 1.165) is 41.1 Å². The summed E-state index contributed by atoms with van der Waals surface area (Å²) < 4.78 is 7.42. The van der Waals surface area contributed by atoms with Crippen LogP contribution >= 0.6 is 0 Å². The highest BCUT2D eigenvalue weighted by molar-refractivity contribution is 5.82. The smallest absolute Gasteiger partial charge is 0.140 e. The molecular formula is C17H17N3O. The van der Waals surface area contributed by atoms with E-state index in [4.69, 9.17) is 9.72 Å². The largest absolute Gasteiger partial charge is 0.497 e. The van der Waals surface area contributed by atoms with Crippen molar-refractivity contribution in [1.82, 2.24) is 9.55 Å². The van der Waals surface area contributed by atoms with Gasteiger partial charge >= 0.3 is 0 Å². The number of aromatic nitrogens is 2. The molecule has 4 rings (SSSR count). The Morgan fingerprint density at radius 3 is 2.95 bits per heavy atom. The topological polar surface area (TPSA) is 39.1 Å². The van der Waals surface area contributed by atoms with Crippen LogP contribution in [0, 0.1) is 0 Å². The van der Waals surface area contributed by atoms with E-state index >= 15 is 0 Å². The minimum absolute atomic E-state index is 0.838. The SMILES string of the molecule is COc1ccc2c(c1)nc(-c1ccc3c(c1)CCN3)n2C. The van der Waals surface area contributed by atoms with Crippen LogP contribution in [-0.4, -0.2) is 23.2 Å². The van der Waals surface area contributed by atoms with Crippen LogP contribution in [0.2, 0.25) is 0 Å². The van der Waals surface area contributed by atoms with E-state index in [1.807, 2.05) is 12.1 Å². The van der Waals surface area contributed by atoms with Gasteiger partial charge in [0.1, 0.15) is 11.6 Å². The Hall–Kier alpha value is -2.49. The molecule has 0 unspecified atom stereocenters. The number of anilines is 1. The van der Waals surface area contributed by atoms with Crippen molar-refractivity contribution in [2.24, 2.45) is 7.05 Å². The number of aryl methyl sites for hydroxylation is 1. The summed E-state index contributed by atoms with van der Waals surface area (Å²) in [4.78, 5) is 4.78. The number of hydrogen-bond donors (Lipinski definition) is 1. The molecule has 0 saturated heterocycles. The highest BCUT2D eigenvalue weighted by Gasteiger charge is 2.14. The van der Waals surface area contributed by atoms with E-state index in [9.17, 15) is 0 Å². The average Bonchev–Trinajstić information content (AvgIpc) is 3.10. The Morgan fingerprint density at radius 1 is 1.19 bits per heavy atom. The predicted octanol–water partition coefficient (Wildman–Crippen LogP) is 3.22. The molecule has 106 valence electrons. The predicted molar refractivity (Wildman–Crippen MR) is 84.9 cm³/mol. The van der Waals surface area contributed by atoms with Crippen molar-refractivity contribution >= 4 is 16.7 Å². The molecule has 1 aliphatic rings. The Bertz CT molecular complexity index is 835. The second kappa shape index (κ2) is 4.52. The number of rotatable bonds is 2. The minimum atomic E-state index is 0.838. The Morgan fingerprint density at radius 2 is 2.10 bits per heavy atom. The highest BCUT2D eigenvalue weighted by Crippen LogP contribution is 2.30. The summed E-state index contributed by atoms with van der Waals surface area (Å²) in [5.74, 6) is 1.83. The van der Waals surface area contributed by atoms with Crippen molar-refractivity contribution in [3.8, 4) is 17.1 Å². The molecule has 2 heterocycles. The van der Waals surface area contributed by atoms with Gasteiger partial charge in [-0.25, -0.2) is 4.98 Å². The van der Waals surface area contributed by atoms with E-state index in [1.54, 1.807) is 7.11 Å². The zero-order valence-electron chi connectivity index (χ0n) is 12.2. The summed E-state index contributed by atoms with van der Waals surface area (Å²) in [6.45, 7) is 1.03. The molecule has 0 amide bonds. The van der Waals surface area contributed by atoms with Gasteiger partial charge in [0.25, 0.3) is 0 Å². The van der Waals surface area contributed by atoms with Crippen LogP contribution in [0.5, 0.6) is 5.75 Å². The van der Waals surface area contributed by atoms with Gasteiger partial charge in [-0.05, 0) is 42.3 Å². The van der Waals surface area contributed by atoms with E-state index in [2.05, 4.69) is 41.2 Å². The molecular weight excluding hydrogens is 262 g/mol. The van der Waals surface area contributed by atoms with Gasteiger partial charge in [0.2, 0.25) is 0 Å². The van der Waals surface area contributed by atoms with Crippen LogP contribution in [0.1, 0.15) is 5.56 Å². The van der Waals surface area contributed by atoms with Crippen molar-refractivity contribution in [3.05, 3.63) is 42.0 Å². The molecule has 3 aromatic rings. The third kappa shape index (κ3) is 1.87. The monoisotopic (exact) mass is 279 g/mol. The van der Waals surface area contributed by atoms with Gasteiger partial charge in [-0.1, -0.05) is 0 Å². The number of nitrogens with zero attached hydrogens (tertiary/aromatic N) is 2. The van der Waals surface area contributed by atoms with Crippen LogP contribution in [-0.2, 0) is 13.5 Å². The van der Waals surface area contributed by atoms with E-state index < -0.39 is 0 Å². The first kappa shape index (κ1) is 12.3. The van der Waals surface area contributed by atoms with Crippen LogP contribution in [0.25, 0.3) is 22.4 Å². The fourth-order valence-electron chi connectivity index (χ4n) is 3.01. The normalized spacial score (nSPS) is 13.2. The Labute approximate surface area is 123 Å². The first-order valence-corrected chi connectivity index (χ1v) is 7.14. The van der Waals surface area contributed by atoms with Crippen LogP contribution in [0.3, 0.4) is 0 Å². The molecule has 1 aliphatic heterocycles. The van der Waals surface area contributed by atoms with Gasteiger partial charge in [-0.2, -0.15) is 0 Å². The highest BCUT2D eigenvalue weighted by atomic mass is 16.5. The van der Waals surface area contributed by atoms with E-state index in [0.29, 0.717) is 0 Å². The fourth-order valence-corrected chi connectivity index (χ4v) is 3.01. The Balaban J connectivity index is 1.88. The molecule has 4 heteroatoms. The standard InChI is InChI=1S/C17H17N3O/c1-20-16-6-4-13(21-2)10-15(16)19-17(20)12-3-5-14-11(9-12)7-8-18-14/h3-6,9-10,18H,7-8H2,1-2H3. The summed E-state index contributed by atoms with van der Waals surface area (Å²) >= 11 is 0. The molecule has 1 N–H and O–H groups in total. The lowest BCUT2D eigenvalue weighted by molar-refractivity contribution is 0.415. The maximum Gasteiger partial charge on any atom is 0.140 e. The molecule has 0 atom stereocenters. The second-order valence-electron chi connectivity index (χ2n) is 5.40. The van der Waals surface area contributed by atoms with Crippen LogP contribution in [0.4, 0.5) is 5.69 Å². The molecule has 0 spiro atoms. The fraction of sp³-hybridized carbons (Fsp3) is 0.235. The molecule has 0 radical (unpaired) electrons. The van der Waals surface area contributed by atoms with Gasteiger partial charge < -0.3 is 14.6 Å². The third-order valence-electron chi connectivity index (χ3n) is 4.16. The van der Waals surface area contributed by atoms with Crippen molar-refractivity contribution in [1.29, 1.82) is 0 Å². The molecule has 0 saturated carbocycles. The molecule has 1 aromatic heterocycles. The lowest BCUT2D eigenvalue weighted by Gasteiger charge is -2.05. The lowest BCUT2D eigenvalue weighted by Crippen LogP contribution is -1.93. The van der Waals surface area contributed by atoms with Gasteiger partial charge in [-0.3, -0.25) is 0 Å². The Kier molecular flexibility index (Phi) is 2.64. The maximum atomic E-state index is 5.28. The zero-order chi connectivity index (χ0) is 14.4. The number of imidazole rings is 1. The van der Waals surface area contributed by atoms with Gasteiger partial charge in [0.05, 0.1) is 18.1 Å². The van der Waals surface area contributed by atoms with Crippen LogP contribution < -0.4 is 10.1 Å². The summed E-state index contributed by atoms with van der Waals surface area (Å²) in [6, 6.07) is 12.5. The summed E-state index contributed by atoms with van der Waals surface area (Å²) in [5.41, 5.74) is 5.86. The number of hydrogen-bond acceptors (Lipinski definition) is 3. The van der Waals surface area contributed by atoms with Crippen molar-refractivity contribution in [2.45, 2.75) is 6.42 Å². The molecule has 0 fully saturated rings. The molecule has 4 nitrogen and oxygen atoms in total. The van der Waals surface area contributed by atoms with Crippen LogP contribution in [0.15, 0.2) is 36.4 Å². The minimum Gasteiger partial charge on any atom is -0.497 e. The van der Waals surface area contributed by atoms with Gasteiger partial charge in [0.15, 0.2) is 0 Å². The number of ether oxygens (including phenoxy) is 1. The number of benzene rings is 2. The van der Waals surface area contributed by atoms with E-state index in [-0.39, 0.29) is 0 Å². The lowest BCUT2D eigenvalue weighted by atomic mass is 10.1. The quantitative estimate of drug-likeness (QED) is 0.783. The van der Waals surface area contributed by atoms with Crippen molar-refractivity contribution in [2.75, 3.05) is 19.0 Å². The first-order chi connectivity index (χ1) is 10.3. The molecule has 21 heavy (non-hydrogen) atoms. The average molecular weight is 279 g/mol. The number of nitrogens with one attached hydrogen (secondary N) is 1.